The van der Waals surface area contributed by atoms with Gasteiger partial charge >= 0.3 is 6.18 Å². The number of ether oxygens (including phenoxy) is 2. The zero-order chi connectivity index (χ0) is 15.0. The lowest BCUT2D eigenvalue weighted by Crippen LogP contribution is -2.26. The molecule has 1 N–H and O–H groups in total. The van der Waals surface area contributed by atoms with E-state index in [-0.39, 0.29) is 18.3 Å². The summed E-state index contributed by atoms with van der Waals surface area (Å²) in [6.45, 7) is 4.15. The molecule has 0 amide bonds. The number of anilines is 1. The Kier molecular flexibility index (Phi) is 4.32. The SMILES string of the molecule is CC1(C)OCC(CNc2cc(Br)ccc2C(F)(F)F)O1. The number of rotatable bonds is 3. The minimum absolute atomic E-state index is 0.0279. The lowest BCUT2D eigenvalue weighted by Gasteiger charge is -2.19. The summed E-state index contributed by atoms with van der Waals surface area (Å²) in [5, 5.41) is 2.79. The monoisotopic (exact) mass is 353 g/mol. The quantitative estimate of drug-likeness (QED) is 0.889. The van der Waals surface area contributed by atoms with E-state index in [4.69, 9.17) is 9.47 Å². The highest BCUT2D eigenvalue weighted by Gasteiger charge is 2.35. The molecular weight excluding hydrogens is 339 g/mol. The van der Waals surface area contributed by atoms with Crippen molar-refractivity contribution in [2.24, 2.45) is 0 Å². The van der Waals surface area contributed by atoms with E-state index in [1.165, 1.54) is 12.1 Å². The standard InChI is InChI=1S/C13H15BrF3NO2/c1-12(2)19-7-9(20-12)6-18-11-5-8(14)3-4-10(11)13(15,16)17/h3-5,9,18H,6-7H2,1-2H3. The Morgan fingerprint density at radius 2 is 2.10 bits per heavy atom. The van der Waals surface area contributed by atoms with Crippen LogP contribution in [-0.2, 0) is 15.7 Å². The number of hydrogen-bond donors (Lipinski definition) is 1. The molecule has 20 heavy (non-hydrogen) atoms. The van der Waals surface area contributed by atoms with Crippen molar-refractivity contribution in [3.05, 3.63) is 28.2 Å². The van der Waals surface area contributed by atoms with Crippen molar-refractivity contribution in [3.63, 3.8) is 0 Å². The summed E-state index contributed by atoms with van der Waals surface area (Å²) in [4.78, 5) is 0. The highest BCUT2D eigenvalue weighted by atomic mass is 79.9. The number of alkyl halides is 3. The smallest absolute Gasteiger partial charge is 0.382 e. The first kappa shape index (κ1) is 15.6. The van der Waals surface area contributed by atoms with Crippen LogP contribution in [0.15, 0.2) is 22.7 Å². The minimum atomic E-state index is -4.39. The fourth-order valence-corrected chi connectivity index (χ4v) is 2.36. The molecule has 1 aliphatic heterocycles. The Labute approximate surface area is 123 Å². The van der Waals surface area contributed by atoms with Gasteiger partial charge in [-0.05, 0) is 32.0 Å². The third kappa shape index (κ3) is 3.86. The highest BCUT2D eigenvalue weighted by Crippen LogP contribution is 2.36. The van der Waals surface area contributed by atoms with E-state index in [0.717, 1.165) is 6.07 Å². The van der Waals surface area contributed by atoms with Crippen molar-refractivity contribution in [2.45, 2.75) is 31.9 Å². The maximum Gasteiger partial charge on any atom is 0.418 e. The Balaban J connectivity index is 2.08. The molecule has 0 aliphatic carbocycles. The van der Waals surface area contributed by atoms with Gasteiger partial charge in [0.25, 0.3) is 0 Å². The molecule has 1 heterocycles. The first-order valence-corrected chi connectivity index (χ1v) is 6.89. The lowest BCUT2D eigenvalue weighted by atomic mass is 10.1. The summed E-state index contributed by atoms with van der Waals surface area (Å²) in [7, 11) is 0. The second-order valence-electron chi connectivity index (χ2n) is 5.02. The van der Waals surface area contributed by atoms with Crippen LogP contribution in [0.25, 0.3) is 0 Å². The van der Waals surface area contributed by atoms with Crippen LogP contribution in [0.4, 0.5) is 18.9 Å². The van der Waals surface area contributed by atoms with Gasteiger partial charge in [-0.2, -0.15) is 13.2 Å². The number of nitrogens with one attached hydrogen (secondary N) is 1. The van der Waals surface area contributed by atoms with Gasteiger partial charge in [0.05, 0.1) is 12.2 Å². The number of halogens is 4. The van der Waals surface area contributed by atoms with Crippen LogP contribution >= 0.6 is 15.9 Å². The summed E-state index contributed by atoms with van der Waals surface area (Å²) in [5.41, 5.74) is -0.668. The Hall–Kier alpha value is -0.790. The third-order valence-electron chi connectivity index (χ3n) is 2.87. The van der Waals surface area contributed by atoms with Gasteiger partial charge in [0.1, 0.15) is 6.10 Å². The Morgan fingerprint density at radius 1 is 1.40 bits per heavy atom. The molecule has 0 bridgehead atoms. The number of hydrogen-bond acceptors (Lipinski definition) is 3. The van der Waals surface area contributed by atoms with E-state index in [2.05, 4.69) is 21.2 Å². The van der Waals surface area contributed by atoms with E-state index < -0.39 is 17.5 Å². The summed E-state index contributed by atoms with van der Waals surface area (Å²) in [6, 6.07) is 3.82. The van der Waals surface area contributed by atoms with Gasteiger partial charge in [-0.1, -0.05) is 15.9 Å². The molecule has 0 radical (unpaired) electrons. The molecule has 0 aromatic heterocycles. The third-order valence-corrected chi connectivity index (χ3v) is 3.37. The van der Waals surface area contributed by atoms with Crippen molar-refractivity contribution in [1.29, 1.82) is 0 Å². The van der Waals surface area contributed by atoms with Crippen LogP contribution < -0.4 is 5.32 Å². The molecule has 1 saturated heterocycles. The van der Waals surface area contributed by atoms with Gasteiger partial charge in [0.15, 0.2) is 5.79 Å². The summed E-state index contributed by atoms with van der Waals surface area (Å²) < 4.78 is 50.2. The molecule has 1 aromatic rings. The van der Waals surface area contributed by atoms with Gasteiger partial charge in [-0.25, -0.2) is 0 Å². The molecule has 2 rings (SSSR count). The van der Waals surface area contributed by atoms with Gasteiger partial charge in [-0.15, -0.1) is 0 Å². The van der Waals surface area contributed by atoms with Crippen molar-refractivity contribution >= 4 is 21.6 Å². The zero-order valence-corrected chi connectivity index (χ0v) is 12.6. The molecule has 1 unspecified atom stereocenters. The molecule has 7 heteroatoms. The second-order valence-corrected chi connectivity index (χ2v) is 5.93. The highest BCUT2D eigenvalue weighted by molar-refractivity contribution is 9.10. The summed E-state index contributed by atoms with van der Waals surface area (Å²) in [5.74, 6) is -0.684. The van der Waals surface area contributed by atoms with Crippen molar-refractivity contribution in [1.82, 2.24) is 0 Å². The van der Waals surface area contributed by atoms with Crippen LogP contribution in [0.5, 0.6) is 0 Å². The van der Waals surface area contributed by atoms with Gasteiger partial charge in [0, 0.05) is 16.7 Å². The predicted octanol–water partition coefficient (Wildman–Crippen LogP) is 4.03. The van der Waals surface area contributed by atoms with E-state index >= 15 is 0 Å². The molecule has 1 atom stereocenters. The summed E-state index contributed by atoms with van der Waals surface area (Å²) >= 11 is 3.17. The first-order chi connectivity index (χ1) is 9.17. The van der Waals surface area contributed by atoms with Crippen LogP contribution in [0.1, 0.15) is 19.4 Å². The topological polar surface area (TPSA) is 30.5 Å². The predicted molar refractivity (Wildman–Crippen MR) is 72.5 cm³/mol. The molecule has 0 saturated carbocycles. The van der Waals surface area contributed by atoms with Crippen LogP contribution in [0.3, 0.4) is 0 Å². The second kappa shape index (κ2) is 5.54. The fourth-order valence-electron chi connectivity index (χ4n) is 2.00. The largest absolute Gasteiger partial charge is 0.418 e. The van der Waals surface area contributed by atoms with E-state index in [9.17, 15) is 13.2 Å². The Bertz CT molecular complexity index is 491. The molecular formula is C13H15BrF3NO2. The van der Waals surface area contributed by atoms with E-state index in [1.54, 1.807) is 13.8 Å². The molecule has 112 valence electrons. The molecule has 1 fully saturated rings. The van der Waals surface area contributed by atoms with Crippen LogP contribution in [0, 0.1) is 0 Å². The van der Waals surface area contributed by atoms with Gasteiger partial charge in [0.2, 0.25) is 0 Å². The molecule has 1 aromatic carbocycles. The lowest BCUT2D eigenvalue weighted by molar-refractivity contribution is -0.138. The minimum Gasteiger partial charge on any atom is -0.382 e. The normalized spacial score (nSPS) is 22.0. The van der Waals surface area contributed by atoms with Crippen molar-refractivity contribution in [2.75, 3.05) is 18.5 Å². The average molecular weight is 354 g/mol. The van der Waals surface area contributed by atoms with Crippen molar-refractivity contribution in [3.8, 4) is 0 Å². The fraction of sp³-hybridized carbons (Fsp3) is 0.538. The Morgan fingerprint density at radius 3 is 2.65 bits per heavy atom. The van der Waals surface area contributed by atoms with E-state index in [0.29, 0.717) is 11.1 Å². The molecule has 3 nitrogen and oxygen atoms in total. The first-order valence-electron chi connectivity index (χ1n) is 6.10. The maximum absolute atomic E-state index is 12.9. The van der Waals surface area contributed by atoms with Crippen LogP contribution in [0.2, 0.25) is 0 Å². The zero-order valence-electron chi connectivity index (χ0n) is 11.1. The van der Waals surface area contributed by atoms with Crippen LogP contribution in [-0.4, -0.2) is 25.0 Å². The number of benzene rings is 1. The summed E-state index contributed by atoms with van der Waals surface area (Å²) in [6.07, 6.45) is -4.67. The maximum atomic E-state index is 12.9. The van der Waals surface area contributed by atoms with Gasteiger partial charge < -0.3 is 14.8 Å². The van der Waals surface area contributed by atoms with Gasteiger partial charge in [-0.3, -0.25) is 0 Å². The van der Waals surface area contributed by atoms with E-state index in [1.807, 2.05) is 0 Å². The average Bonchev–Trinajstić information content (AvgIpc) is 2.65. The molecule has 1 aliphatic rings. The molecule has 0 spiro atoms. The van der Waals surface area contributed by atoms with Crippen molar-refractivity contribution < 1.29 is 22.6 Å².